The van der Waals surface area contributed by atoms with Crippen LogP contribution in [0.25, 0.3) is 11.0 Å². The standard InChI is InChI=1S/C23H25N7O3S/c1-33-20-7-5-15-21(30-20)16(8-9-24-15)28-23(32)17-4-2-13(10-26-17)25-11-14-3-6-18-22(27-14)29-19(31)12-34-18/h3,5-9,13,17,25-26H,2,4,10-12H2,1H3,(H,24,28,32)(H,27,29,31)/t13-,17+/m1/s1. The van der Waals surface area contributed by atoms with Gasteiger partial charge < -0.3 is 26.0 Å². The van der Waals surface area contributed by atoms with Gasteiger partial charge in [0.25, 0.3) is 0 Å². The molecule has 2 aliphatic rings. The van der Waals surface area contributed by atoms with Crippen LogP contribution in [0.4, 0.5) is 11.5 Å². The Morgan fingerprint density at radius 1 is 1.21 bits per heavy atom. The van der Waals surface area contributed by atoms with Gasteiger partial charge in [-0.2, -0.15) is 0 Å². The van der Waals surface area contributed by atoms with Gasteiger partial charge in [-0.15, -0.1) is 11.8 Å². The van der Waals surface area contributed by atoms with Crippen LogP contribution in [0.15, 0.2) is 41.4 Å². The summed E-state index contributed by atoms with van der Waals surface area (Å²) < 4.78 is 5.20. The first-order valence-electron chi connectivity index (χ1n) is 11.1. The Morgan fingerprint density at radius 2 is 2.12 bits per heavy atom. The van der Waals surface area contributed by atoms with Gasteiger partial charge in [0, 0.05) is 31.4 Å². The lowest BCUT2D eigenvalue weighted by Crippen LogP contribution is -2.52. The first-order chi connectivity index (χ1) is 16.6. The third kappa shape index (κ3) is 4.96. The van der Waals surface area contributed by atoms with Gasteiger partial charge in [-0.25, -0.2) is 9.97 Å². The Kier molecular flexibility index (Phi) is 6.57. The predicted molar refractivity (Wildman–Crippen MR) is 130 cm³/mol. The van der Waals surface area contributed by atoms with Gasteiger partial charge in [0.15, 0.2) is 0 Å². The van der Waals surface area contributed by atoms with Crippen molar-refractivity contribution in [3.8, 4) is 5.88 Å². The molecule has 0 unspecified atom stereocenters. The molecule has 0 saturated carbocycles. The summed E-state index contributed by atoms with van der Waals surface area (Å²) in [5.41, 5.74) is 2.76. The number of piperidine rings is 1. The van der Waals surface area contributed by atoms with Crippen LogP contribution in [0.3, 0.4) is 0 Å². The highest BCUT2D eigenvalue weighted by Gasteiger charge is 2.26. The molecule has 34 heavy (non-hydrogen) atoms. The first kappa shape index (κ1) is 22.5. The second-order valence-electron chi connectivity index (χ2n) is 8.17. The lowest BCUT2D eigenvalue weighted by molar-refractivity contribution is -0.118. The molecule has 1 saturated heterocycles. The Bertz CT molecular complexity index is 1230. The smallest absolute Gasteiger partial charge is 0.241 e. The SMILES string of the molecule is COc1ccc2nccc(NC(=O)[C@@H]3CC[C@@H](NCc4ccc5c(n4)NC(=O)CS5)CN3)c2n1. The molecule has 0 bridgehead atoms. The third-order valence-corrected chi connectivity index (χ3v) is 6.91. The molecule has 3 aromatic heterocycles. The Morgan fingerprint density at radius 3 is 2.94 bits per heavy atom. The zero-order chi connectivity index (χ0) is 23.5. The van der Waals surface area contributed by atoms with E-state index in [1.54, 1.807) is 25.4 Å². The molecule has 0 spiro atoms. The number of nitrogens with one attached hydrogen (secondary N) is 4. The van der Waals surface area contributed by atoms with Gasteiger partial charge in [0.05, 0.1) is 40.7 Å². The molecule has 2 atom stereocenters. The molecule has 11 heteroatoms. The molecule has 1 fully saturated rings. The summed E-state index contributed by atoms with van der Waals surface area (Å²) in [7, 11) is 1.55. The van der Waals surface area contributed by atoms with Gasteiger partial charge >= 0.3 is 0 Å². The van der Waals surface area contributed by atoms with E-state index in [1.165, 1.54) is 11.8 Å². The fourth-order valence-corrected chi connectivity index (χ4v) is 4.80. The van der Waals surface area contributed by atoms with E-state index in [9.17, 15) is 9.59 Å². The second-order valence-corrected chi connectivity index (χ2v) is 9.19. The lowest BCUT2D eigenvalue weighted by Gasteiger charge is -2.30. The van der Waals surface area contributed by atoms with Crippen molar-refractivity contribution in [2.24, 2.45) is 0 Å². The van der Waals surface area contributed by atoms with E-state index in [0.29, 0.717) is 53.7 Å². The number of methoxy groups -OCH3 is 1. The molecule has 176 valence electrons. The topological polar surface area (TPSA) is 130 Å². The van der Waals surface area contributed by atoms with Crippen molar-refractivity contribution >= 4 is 46.1 Å². The molecule has 4 N–H and O–H groups in total. The van der Waals surface area contributed by atoms with Crippen LogP contribution in [0, 0.1) is 0 Å². The van der Waals surface area contributed by atoms with Crippen molar-refractivity contribution in [2.75, 3.05) is 30.0 Å². The monoisotopic (exact) mass is 479 g/mol. The molecular formula is C23H25N7O3S. The maximum atomic E-state index is 12.9. The van der Waals surface area contributed by atoms with Gasteiger partial charge in [-0.1, -0.05) is 0 Å². The quantitative estimate of drug-likeness (QED) is 0.419. The number of hydrogen-bond donors (Lipinski definition) is 4. The predicted octanol–water partition coefficient (Wildman–Crippen LogP) is 1.93. The summed E-state index contributed by atoms with van der Waals surface area (Å²) in [6.45, 7) is 1.26. The molecule has 3 aromatic rings. The molecule has 0 aromatic carbocycles. The Hall–Kier alpha value is -3.28. The van der Waals surface area contributed by atoms with E-state index in [1.807, 2.05) is 18.2 Å². The number of anilines is 2. The van der Waals surface area contributed by atoms with Crippen molar-refractivity contribution in [1.29, 1.82) is 0 Å². The van der Waals surface area contributed by atoms with Crippen molar-refractivity contribution < 1.29 is 14.3 Å². The zero-order valence-corrected chi connectivity index (χ0v) is 19.4. The summed E-state index contributed by atoms with van der Waals surface area (Å²) >= 11 is 1.50. The molecule has 0 aliphatic carbocycles. The number of amides is 2. The fraction of sp³-hybridized carbons (Fsp3) is 0.348. The summed E-state index contributed by atoms with van der Waals surface area (Å²) in [6.07, 6.45) is 3.21. The number of carbonyl (C=O) groups is 2. The Labute approximate surface area is 200 Å². The number of ether oxygens (including phenoxy) is 1. The number of fused-ring (bicyclic) bond motifs is 2. The number of thioether (sulfide) groups is 1. The van der Waals surface area contributed by atoms with Crippen LogP contribution in [0.1, 0.15) is 18.5 Å². The maximum absolute atomic E-state index is 12.9. The van der Waals surface area contributed by atoms with Crippen LogP contribution in [0.2, 0.25) is 0 Å². The van der Waals surface area contributed by atoms with Crippen LogP contribution in [0.5, 0.6) is 5.88 Å². The number of aromatic nitrogens is 3. The second kappa shape index (κ2) is 9.92. The minimum Gasteiger partial charge on any atom is -0.481 e. The molecule has 5 rings (SSSR count). The van der Waals surface area contributed by atoms with Gasteiger partial charge in [0.1, 0.15) is 11.3 Å². The van der Waals surface area contributed by atoms with E-state index < -0.39 is 0 Å². The van der Waals surface area contributed by atoms with Crippen LogP contribution >= 0.6 is 11.8 Å². The number of nitrogens with zero attached hydrogens (tertiary/aromatic N) is 3. The Balaban J connectivity index is 1.14. The van der Waals surface area contributed by atoms with Crippen LogP contribution in [-0.2, 0) is 16.1 Å². The van der Waals surface area contributed by atoms with E-state index in [2.05, 4.69) is 36.2 Å². The van der Waals surface area contributed by atoms with Crippen molar-refractivity contribution in [3.63, 3.8) is 0 Å². The van der Waals surface area contributed by atoms with Gasteiger partial charge in [-0.3, -0.25) is 14.6 Å². The highest BCUT2D eigenvalue weighted by Crippen LogP contribution is 2.29. The van der Waals surface area contributed by atoms with Crippen molar-refractivity contribution in [3.05, 3.63) is 42.2 Å². The lowest BCUT2D eigenvalue weighted by atomic mass is 10.00. The molecular weight excluding hydrogens is 454 g/mol. The van der Waals surface area contributed by atoms with E-state index in [4.69, 9.17) is 4.74 Å². The van der Waals surface area contributed by atoms with Crippen molar-refractivity contribution in [2.45, 2.75) is 36.4 Å². The van der Waals surface area contributed by atoms with Crippen LogP contribution in [-0.4, -0.2) is 58.3 Å². The molecule has 5 heterocycles. The normalized spacial score (nSPS) is 19.9. The van der Waals surface area contributed by atoms with E-state index in [0.717, 1.165) is 17.0 Å². The van der Waals surface area contributed by atoms with Crippen LogP contribution < -0.4 is 26.0 Å². The molecule has 2 amide bonds. The van der Waals surface area contributed by atoms with Gasteiger partial charge in [-0.05, 0) is 37.1 Å². The number of hydrogen-bond acceptors (Lipinski definition) is 9. The summed E-state index contributed by atoms with van der Waals surface area (Å²) in [5, 5.41) is 12.6. The average Bonchev–Trinajstić information content (AvgIpc) is 2.87. The number of pyridine rings is 3. The first-order valence-corrected chi connectivity index (χ1v) is 12.1. The molecule has 0 radical (unpaired) electrons. The van der Waals surface area contributed by atoms with E-state index >= 15 is 0 Å². The summed E-state index contributed by atoms with van der Waals surface area (Å²) in [6, 6.07) is 9.20. The highest BCUT2D eigenvalue weighted by molar-refractivity contribution is 8.00. The van der Waals surface area contributed by atoms with Gasteiger partial charge in [0.2, 0.25) is 17.7 Å². The van der Waals surface area contributed by atoms with E-state index in [-0.39, 0.29) is 23.9 Å². The zero-order valence-electron chi connectivity index (χ0n) is 18.6. The average molecular weight is 480 g/mol. The molecule has 10 nitrogen and oxygen atoms in total. The minimum absolute atomic E-state index is 0.0226. The third-order valence-electron chi connectivity index (χ3n) is 5.86. The largest absolute Gasteiger partial charge is 0.481 e. The highest BCUT2D eigenvalue weighted by atomic mass is 32.2. The summed E-state index contributed by atoms with van der Waals surface area (Å²) in [5.74, 6) is 1.41. The summed E-state index contributed by atoms with van der Waals surface area (Å²) in [4.78, 5) is 38.8. The minimum atomic E-state index is -0.291. The maximum Gasteiger partial charge on any atom is 0.241 e. The fourth-order valence-electron chi connectivity index (χ4n) is 4.05. The number of carbonyl (C=O) groups excluding carboxylic acids is 2. The molecule has 2 aliphatic heterocycles. The number of rotatable bonds is 6. The van der Waals surface area contributed by atoms with Crippen molar-refractivity contribution in [1.82, 2.24) is 25.6 Å².